The molecule has 1 aromatic carbocycles. The molecule has 0 amide bonds. The largest absolute Gasteiger partial charge is 0.391 e. The van der Waals surface area contributed by atoms with Gasteiger partial charge in [-0.1, -0.05) is 30.3 Å². The molecule has 0 saturated carbocycles. The van der Waals surface area contributed by atoms with Gasteiger partial charge in [0.1, 0.15) is 0 Å². The molecule has 8 heteroatoms. The first-order valence-corrected chi connectivity index (χ1v) is 8.15. The Morgan fingerprint density at radius 1 is 1.38 bits per heavy atom. The fraction of sp³-hybridized carbons (Fsp3) is 0.308. The second kappa shape index (κ2) is 6.57. The van der Waals surface area contributed by atoms with Gasteiger partial charge in [-0.3, -0.25) is 0 Å². The number of hydrogen-bond acceptors (Lipinski definition) is 4. The summed E-state index contributed by atoms with van der Waals surface area (Å²) in [6.45, 7) is -0.0918. The van der Waals surface area contributed by atoms with Crippen molar-refractivity contribution in [1.82, 2.24) is 14.3 Å². The van der Waals surface area contributed by atoms with Crippen LogP contribution < -0.4 is 4.72 Å². The molecule has 0 radical (unpaired) electrons. The van der Waals surface area contributed by atoms with Gasteiger partial charge in [-0.15, -0.1) is 0 Å². The van der Waals surface area contributed by atoms with E-state index in [1.165, 1.54) is 10.8 Å². The van der Waals surface area contributed by atoms with Crippen LogP contribution in [0.25, 0.3) is 0 Å². The molecule has 1 unspecified atom stereocenters. The first-order valence-electron chi connectivity index (χ1n) is 6.29. The molecule has 1 atom stereocenters. The molecule has 0 aliphatic rings. The fourth-order valence-electron chi connectivity index (χ4n) is 1.79. The molecule has 2 rings (SSSR count). The van der Waals surface area contributed by atoms with Gasteiger partial charge in [0.15, 0.2) is 5.03 Å². The van der Waals surface area contributed by atoms with Crippen LogP contribution in [0.5, 0.6) is 0 Å². The van der Waals surface area contributed by atoms with E-state index < -0.39 is 16.1 Å². The highest BCUT2D eigenvalue weighted by molar-refractivity contribution is 7.89. The standard InChI is InChI=1S/C13H16ClN3O3S/c1-17-9-12(16-13(17)14)21(19,20)15-8-11(18)7-10-5-3-2-4-6-10/h2-6,9,11,15,18H,7-8H2,1H3. The highest BCUT2D eigenvalue weighted by atomic mass is 35.5. The smallest absolute Gasteiger partial charge is 0.259 e. The topological polar surface area (TPSA) is 84.2 Å². The zero-order chi connectivity index (χ0) is 15.5. The van der Waals surface area contributed by atoms with Gasteiger partial charge in [0, 0.05) is 19.8 Å². The summed E-state index contributed by atoms with van der Waals surface area (Å²) in [7, 11) is -2.18. The van der Waals surface area contributed by atoms with Crippen LogP contribution >= 0.6 is 11.6 Å². The lowest BCUT2D eigenvalue weighted by Gasteiger charge is -2.11. The van der Waals surface area contributed by atoms with Gasteiger partial charge in [-0.25, -0.2) is 18.1 Å². The Morgan fingerprint density at radius 2 is 2.05 bits per heavy atom. The maximum absolute atomic E-state index is 12.0. The van der Waals surface area contributed by atoms with Crippen molar-refractivity contribution >= 4 is 21.6 Å². The van der Waals surface area contributed by atoms with Crippen LogP contribution in [-0.4, -0.2) is 35.7 Å². The third kappa shape index (κ3) is 4.28. The van der Waals surface area contributed by atoms with Crippen LogP contribution in [0.3, 0.4) is 0 Å². The molecule has 114 valence electrons. The first-order chi connectivity index (χ1) is 9.88. The van der Waals surface area contributed by atoms with E-state index in [-0.39, 0.29) is 16.9 Å². The van der Waals surface area contributed by atoms with Gasteiger partial charge >= 0.3 is 0 Å². The molecule has 0 aliphatic heterocycles. The van der Waals surface area contributed by atoms with Crippen molar-refractivity contribution in [3.8, 4) is 0 Å². The molecule has 0 spiro atoms. The maximum atomic E-state index is 12.0. The van der Waals surface area contributed by atoms with Crippen LogP contribution in [0.2, 0.25) is 5.28 Å². The summed E-state index contributed by atoms with van der Waals surface area (Å²) in [4.78, 5) is 3.74. The summed E-state index contributed by atoms with van der Waals surface area (Å²) in [6.07, 6.45) is 0.863. The number of aliphatic hydroxyl groups excluding tert-OH is 1. The number of aromatic nitrogens is 2. The average molecular weight is 330 g/mol. The molecule has 2 aromatic rings. The third-order valence-electron chi connectivity index (χ3n) is 2.90. The third-order valence-corrected chi connectivity index (χ3v) is 4.54. The molecule has 6 nitrogen and oxygen atoms in total. The van der Waals surface area contributed by atoms with Gasteiger partial charge in [0.2, 0.25) is 5.28 Å². The lowest BCUT2D eigenvalue weighted by atomic mass is 10.1. The zero-order valence-electron chi connectivity index (χ0n) is 11.4. The number of aryl methyl sites for hydroxylation is 1. The number of aliphatic hydroxyl groups is 1. The van der Waals surface area contributed by atoms with Gasteiger partial charge in [-0.2, -0.15) is 0 Å². The Morgan fingerprint density at radius 3 is 2.62 bits per heavy atom. The zero-order valence-corrected chi connectivity index (χ0v) is 13.0. The fourth-order valence-corrected chi connectivity index (χ4v) is 3.04. The van der Waals surface area contributed by atoms with Crippen molar-refractivity contribution < 1.29 is 13.5 Å². The van der Waals surface area contributed by atoms with Gasteiger partial charge in [0.25, 0.3) is 10.0 Å². The number of nitrogens with zero attached hydrogens (tertiary/aromatic N) is 2. The van der Waals surface area contributed by atoms with E-state index in [0.29, 0.717) is 6.42 Å². The van der Waals surface area contributed by atoms with E-state index in [0.717, 1.165) is 5.56 Å². The Balaban J connectivity index is 1.95. The molecule has 0 bridgehead atoms. The Labute approximate surface area is 128 Å². The van der Waals surface area contributed by atoms with Crippen molar-refractivity contribution in [2.45, 2.75) is 17.6 Å². The van der Waals surface area contributed by atoms with Crippen molar-refractivity contribution in [3.63, 3.8) is 0 Å². The minimum Gasteiger partial charge on any atom is -0.391 e. The molecular weight excluding hydrogens is 314 g/mol. The van der Waals surface area contributed by atoms with Crippen LogP contribution in [0.4, 0.5) is 0 Å². The number of sulfonamides is 1. The first kappa shape index (κ1) is 16.0. The summed E-state index contributed by atoms with van der Waals surface area (Å²) in [5, 5.41) is 9.81. The van der Waals surface area contributed by atoms with Crippen LogP contribution in [0.15, 0.2) is 41.6 Å². The second-order valence-corrected chi connectivity index (χ2v) is 6.71. The van der Waals surface area contributed by atoms with Gasteiger partial charge in [-0.05, 0) is 23.6 Å². The number of rotatable bonds is 6. The van der Waals surface area contributed by atoms with Gasteiger partial charge in [0.05, 0.1) is 6.10 Å². The van der Waals surface area contributed by atoms with E-state index in [2.05, 4.69) is 9.71 Å². The normalized spacial score (nSPS) is 13.3. The monoisotopic (exact) mass is 329 g/mol. The Bertz CT molecular complexity index is 681. The van der Waals surface area contributed by atoms with Gasteiger partial charge < -0.3 is 9.67 Å². The Hall–Kier alpha value is -1.41. The minimum atomic E-state index is -3.78. The molecular formula is C13H16ClN3O3S. The van der Waals surface area contributed by atoms with Crippen LogP contribution in [0, 0.1) is 0 Å². The highest BCUT2D eigenvalue weighted by Crippen LogP contribution is 2.12. The summed E-state index contributed by atoms with van der Waals surface area (Å²) < 4.78 is 27.7. The molecule has 1 aromatic heterocycles. The lowest BCUT2D eigenvalue weighted by molar-refractivity contribution is 0.179. The number of nitrogens with one attached hydrogen (secondary N) is 1. The number of imidazole rings is 1. The lowest BCUT2D eigenvalue weighted by Crippen LogP contribution is -2.33. The minimum absolute atomic E-state index is 0.0835. The molecule has 1 heterocycles. The molecule has 21 heavy (non-hydrogen) atoms. The molecule has 0 fully saturated rings. The summed E-state index contributed by atoms with van der Waals surface area (Å²) >= 11 is 5.72. The summed E-state index contributed by atoms with van der Waals surface area (Å²) in [5.41, 5.74) is 0.935. The predicted octanol–water partition coefficient (Wildman–Crippen LogP) is 0.955. The van der Waals surface area contributed by atoms with Crippen LogP contribution in [0.1, 0.15) is 5.56 Å². The van der Waals surface area contributed by atoms with Crippen molar-refractivity contribution in [3.05, 3.63) is 47.4 Å². The van der Waals surface area contributed by atoms with Crippen molar-refractivity contribution in [2.75, 3.05) is 6.54 Å². The van der Waals surface area contributed by atoms with E-state index in [1.54, 1.807) is 7.05 Å². The summed E-state index contributed by atoms with van der Waals surface area (Å²) in [5.74, 6) is 0. The van der Waals surface area contributed by atoms with E-state index in [4.69, 9.17) is 11.6 Å². The highest BCUT2D eigenvalue weighted by Gasteiger charge is 2.20. The quantitative estimate of drug-likeness (QED) is 0.826. The van der Waals surface area contributed by atoms with E-state index >= 15 is 0 Å². The Kier molecular flexibility index (Phi) is 5.00. The van der Waals surface area contributed by atoms with Crippen molar-refractivity contribution in [1.29, 1.82) is 0 Å². The second-order valence-electron chi connectivity index (χ2n) is 4.65. The molecule has 0 saturated heterocycles. The van der Waals surface area contributed by atoms with E-state index in [1.807, 2.05) is 30.3 Å². The number of benzene rings is 1. The van der Waals surface area contributed by atoms with Crippen molar-refractivity contribution in [2.24, 2.45) is 7.05 Å². The number of hydrogen-bond donors (Lipinski definition) is 2. The molecule has 0 aliphatic carbocycles. The summed E-state index contributed by atoms with van der Waals surface area (Å²) in [6, 6.07) is 9.35. The number of halogens is 1. The van der Waals surface area contributed by atoms with E-state index in [9.17, 15) is 13.5 Å². The van der Waals surface area contributed by atoms with Crippen LogP contribution in [-0.2, 0) is 23.5 Å². The maximum Gasteiger partial charge on any atom is 0.259 e. The average Bonchev–Trinajstić information content (AvgIpc) is 2.79. The predicted molar refractivity (Wildman–Crippen MR) is 79.6 cm³/mol. The SMILES string of the molecule is Cn1cc(S(=O)(=O)NCC(O)Cc2ccccc2)nc1Cl. The molecule has 2 N–H and O–H groups in total.